The van der Waals surface area contributed by atoms with Gasteiger partial charge in [-0.1, -0.05) is 6.58 Å². The van der Waals surface area contributed by atoms with Crippen LogP contribution < -0.4 is 0 Å². The van der Waals surface area contributed by atoms with Crippen LogP contribution in [0.25, 0.3) is 0 Å². The van der Waals surface area contributed by atoms with Crippen LogP contribution in [0.3, 0.4) is 0 Å². The maximum absolute atomic E-state index is 12.9. The topological polar surface area (TPSA) is 44.8 Å². The summed E-state index contributed by atoms with van der Waals surface area (Å²) in [5.74, 6) is -4.22. The molecule has 6 heteroatoms. The minimum Gasteiger partial charge on any atom is -0.425 e. The van der Waals surface area contributed by atoms with Crippen molar-refractivity contribution in [1.82, 2.24) is 0 Å². The minimum absolute atomic E-state index is 0.0379. The summed E-state index contributed by atoms with van der Waals surface area (Å²) in [6.07, 6.45) is -1.89. The molecule has 0 spiro atoms. The summed E-state index contributed by atoms with van der Waals surface area (Å²) in [6, 6.07) is 0. The number of esters is 1. The molecule has 1 heterocycles. The Morgan fingerprint density at radius 1 is 1.64 bits per heavy atom. The molecule has 0 bridgehead atoms. The van der Waals surface area contributed by atoms with Crippen LogP contribution in [0.2, 0.25) is 0 Å². The van der Waals surface area contributed by atoms with E-state index in [0.29, 0.717) is 0 Å². The van der Waals surface area contributed by atoms with Crippen molar-refractivity contribution in [2.24, 2.45) is 0 Å². The molecule has 0 aromatic carbocycles. The van der Waals surface area contributed by atoms with Crippen molar-refractivity contribution in [2.45, 2.75) is 19.1 Å². The first-order valence-corrected chi connectivity index (χ1v) is 3.87. The second-order valence-corrected chi connectivity index (χ2v) is 2.91. The molecule has 0 N–H and O–H groups in total. The Labute approximate surface area is 79.4 Å². The average molecular weight is 208 g/mol. The molecule has 0 amide bonds. The number of hydrogen-bond donors (Lipinski definition) is 0. The van der Waals surface area contributed by atoms with E-state index in [-0.39, 0.29) is 12.4 Å². The van der Waals surface area contributed by atoms with Gasteiger partial charge < -0.3 is 14.2 Å². The Morgan fingerprint density at radius 2 is 2.29 bits per heavy atom. The summed E-state index contributed by atoms with van der Waals surface area (Å²) in [4.78, 5) is 10.9. The first kappa shape index (κ1) is 11.1. The molecule has 1 atom stereocenters. The Balaban J connectivity index is 2.58. The average Bonchev–Trinajstić information content (AvgIpc) is 2.08. The molecule has 1 unspecified atom stereocenters. The summed E-state index contributed by atoms with van der Waals surface area (Å²) < 4.78 is 39.1. The quantitative estimate of drug-likeness (QED) is 0.503. The van der Waals surface area contributed by atoms with E-state index in [1.165, 1.54) is 6.92 Å². The number of hydrogen-bond acceptors (Lipinski definition) is 4. The zero-order valence-corrected chi connectivity index (χ0v) is 7.59. The van der Waals surface area contributed by atoms with Gasteiger partial charge in [-0.25, -0.2) is 4.79 Å². The zero-order valence-electron chi connectivity index (χ0n) is 7.59. The van der Waals surface area contributed by atoms with Gasteiger partial charge in [0.25, 0.3) is 6.29 Å². The fourth-order valence-electron chi connectivity index (χ4n) is 0.796. The van der Waals surface area contributed by atoms with Gasteiger partial charge >= 0.3 is 11.9 Å². The molecule has 14 heavy (non-hydrogen) atoms. The molecule has 80 valence electrons. The summed E-state index contributed by atoms with van der Waals surface area (Å²) >= 11 is 0. The van der Waals surface area contributed by atoms with E-state index in [9.17, 15) is 13.6 Å². The highest BCUT2D eigenvalue weighted by atomic mass is 19.3. The highest BCUT2D eigenvalue weighted by Gasteiger charge is 2.46. The van der Waals surface area contributed by atoms with Crippen LogP contribution in [0, 0.1) is 0 Å². The van der Waals surface area contributed by atoms with Crippen molar-refractivity contribution in [3.8, 4) is 0 Å². The third-order valence-electron chi connectivity index (χ3n) is 1.50. The van der Waals surface area contributed by atoms with Gasteiger partial charge in [0.1, 0.15) is 6.61 Å². The molecular weight excluding hydrogens is 198 g/mol. The van der Waals surface area contributed by atoms with Gasteiger partial charge in [0.15, 0.2) is 6.79 Å². The van der Waals surface area contributed by atoms with Gasteiger partial charge in [-0.2, -0.15) is 8.78 Å². The van der Waals surface area contributed by atoms with Gasteiger partial charge in [-0.15, -0.1) is 0 Å². The molecule has 0 radical (unpaired) electrons. The number of halogens is 2. The molecule has 1 rings (SSSR count). The summed E-state index contributed by atoms with van der Waals surface area (Å²) in [7, 11) is 0. The van der Waals surface area contributed by atoms with E-state index in [1.54, 1.807) is 0 Å². The monoisotopic (exact) mass is 208 g/mol. The SMILES string of the molecule is C=C(C)C(=O)OC1OCOCC1(F)F. The fraction of sp³-hybridized carbons (Fsp3) is 0.625. The van der Waals surface area contributed by atoms with Gasteiger partial charge in [0.05, 0.1) is 0 Å². The number of carbonyl (C=O) groups is 1. The zero-order chi connectivity index (χ0) is 10.8. The molecule has 0 aromatic rings. The molecule has 1 saturated heterocycles. The smallest absolute Gasteiger partial charge is 0.335 e. The van der Waals surface area contributed by atoms with E-state index in [0.717, 1.165) is 0 Å². The van der Waals surface area contributed by atoms with Crippen LogP contribution >= 0.6 is 0 Å². The van der Waals surface area contributed by atoms with Gasteiger partial charge in [-0.05, 0) is 6.92 Å². The Bertz CT molecular complexity index is 252. The van der Waals surface area contributed by atoms with Crippen molar-refractivity contribution in [2.75, 3.05) is 13.4 Å². The summed E-state index contributed by atoms with van der Waals surface area (Å²) in [5, 5.41) is 0. The summed E-state index contributed by atoms with van der Waals surface area (Å²) in [6.45, 7) is 3.49. The lowest BCUT2D eigenvalue weighted by Gasteiger charge is -2.30. The predicted molar refractivity (Wildman–Crippen MR) is 41.5 cm³/mol. The first-order chi connectivity index (χ1) is 6.43. The number of alkyl halides is 2. The number of ether oxygens (including phenoxy) is 3. The molecule has 0 aliphatic carbocycles. The first-order valence-electron chi connectivity index (χ1n) is 3.87. The Morgan fingerprint density at radius 3 is 2.79 bits per heavy atom. The standard InChI is InChI=1S/C8H10F2O4/c1-5(2)6(11)14-7-8(9,10)3-12-4-13-7/h7H,1,3-4H2,2H3. The third-order valence-corrected chi connectivity index (χ3v) is 1.50. The van der Waals surface area contributed by atoms with Crippen LogP contribution in [0.15, 0.2) is 12.2 Å². The lowest BCUT2D eigenvalue weighted by molar-refractivity contribution is -0.325. The minimum atomic E-state index is -3.32. The molecule has 1 aliphatic heterocycles. The fourth-order valence-corrected chi connectivity index (χ4v) is 0.796. The van der Waals surface area contributed by atoms with Crippen LogP contribution in [-0.4, -0.2) is 31.6 Å². The van der Waals surface area contributed by atoms with Crippen LogP contribution in [0.4, 0.5) is 8.78 Å². The highest BCUT2D eigenvalue weighted by molar-refractivity contribution is 5.87. The van der Waals surface area contributed by atoms with Gasteiger partial charge in [-0.3, -0.25) is 0 Å². The van der Waals surface area contributed by atoms with Crippen LogP contribution in [0.1, 0.15) is 6.92 Å². The second kappa shape index (κ2) is 4.02. The van der Waals surface area contributed by atoms with Crippen molar-refractivity contribution < 1.29 is 27.8 Å². The second-order valence-electron chi connectivity index (χ2n) is 2.91. The largest absolute Gasteiger partial charge is 0.425 e. The summed E-state index contributed by atoms with van der Waals surface area (Å²) in [5.41, 5.74) is 0.0379. The van der Waals surface area contributed by atoms with Gasteiger partial charge in [0.2, 0.25) is 0 Å². The van der Waals surface area contributed by atoms with Crippen LogP contribution in [0.5, 0.6) is 0 Å². The van der Waals surface area contributed by atoms with Crippen molar-refractivity contribution in [3.63, 3.8) is 0 Å². The molecule has 1 aliphatic rings. The van der Waals surface area contributed by atoms with Gasteiger partial charge in [0, 0.05) is 5.57 Å². The number of carbonyl (C=O) groups excluding carboxylic acids is 1. The van der Waals surface area contributed by atoms with E-state index in [1.807, 2.05) is 0 Å². The molecule has 0 aromatic heterocycles. The van der Waals surface area contributed by atoms with E-state index < -0.39 is 24.8 Å². The lowest BCUT2D eigenvalue weighted by Crippen LogP contribution is -2.47. The Kier molecular flexibility index (Phi) is 3.17. The third kappa shape index (κ3) is 2.49. The molecule has 4 nitrogen and oxygen atoms in total. The van der Waals surface area contributed by atoms with Crippen LogP contribution in [-0.2, 0) is 19.0 Å². The predicted octanol–water partition coefficient (Wildman–Crippen LogP) is 1.07. The molecule has 0 saturated carbocycles. The van der Waals surface area contributed by atoms with E-state index in [4.69, 9.17) is 0 Å². The van der Waals surface area contributed by atoms with E-state index in [2.05, 4.69) is 20.8 Å². The Hall–Kier alpha value is -1.01. The maximum Gasteiger partial charge on any atom is 0.335 e. The molecule has 1 fully saturated rings. The van der Waals surface area contributed by atoms with Crippen molar-refractivity contribution in [1.29, 1.82) is 0 Å². The normalized spacial score (nSPS) is 25.5. The number of rotatable bonds is 2. The highest BCUT2D eigenvalue weighted by Crippen LogP contribution is 2.26. The van der Waals surface area contributed by atoms with Crippen molar-refractivity contribution >= 4 is 5.97 Å². The van der Waals surface area contributed by atoms with E-state index >= 15 is 0 Å². The molecular formula is C8H10F2O4. The maximum atomic E-state index is 12.9. The lowest BCUT2D eigenvalue weighted by atomic mass is 10.3. The van der Waals surface area contributed by atoms with Crippen molar-refractivity contribution in [3.05, 3.63) is 12.2 Å².